The molecule has 138 valence electrons. The van der Waals surface area contributed by atoms with E-state index in [4.69, 9.17) is 9.84 Å². The number of nitrogens with one attached hydrogen (secondary N) is 1. The first-order valence-electron chi connectivity index (χ1n) is 7.85. The molecule has 1 aromatic carbocycles. The molecule has 0 radical (unpaired) electrons. The Kier molecular flexibility index (Phi) is 4.92. The van der Waals surface area contributed by atoms with Gasteiger partial charge in [-0.15, -0.1) is 0 Å². The molecule has 1 unspecified atom stereocenters. The molecular formula is C17H22F2N2O4. The lowest BCUT2D eigenvalue weighted by Crippen LogP contribution is -2.38. The van der Waals surface area contributed by atoms with Gasteiger partial charge in [-0.25, -0.2) is 18.4 Å². The number of carbonyl (C=O) groups is 2. The van der Waals surface area contributed by atoms with Gasteiger partial charge < -0.3 is 15.2 Å². The van der Waals surface area contributed by atoms with Gasteiger partial charge in [-0.3, -0.25) is 4.90 Å². The molecule has 8 heteroatoms. The first-order valence-corrected chi connectivity index (χ1v) is 7.85. The van der Waals surface area contributed by atoms with Crippen LogP contribution in [0.25, 0.3) is 0 Å². The van der Waals surface area contributed by atoms with Gasteiger partial charge in [-0.1, -0.05) is 6.07 Å². The summed E-state index contributed by atoms with van der Waals surface area (Å²) < 4.78 is 33.6. The van der Waals surface area contributed by atoms with Crippen LogP contribution in [-0.4, -0.2) is 52.7 Å². The number of anilines is 1. The molecule has 1 heterocycles. The van der Waals surface area contributed by atoms with Gasteiger partial charge in [0.15, 0.2) is 0 Å². The van der Waals surface area contributed by atoms with Crippen LogP contribution in [0.5, 0.6) is 0 Å². The fourth-order valence-electron chi connectivity index (χ4n) is 2.54. The molecule has 0 saturated carbocycles. The van der Waals surface area contributed by atoms with E-state index in [2.05, 4.69) is 5.32 Å². The molecule has 1 amide bonds. The lowest BCUT2D eigenvalue weighted by molar-refractivity contribution is -0.00635. The predicted octanol–water partition coefficient (Wildman–Crippen LogP) is 3.36. The normalized spacial score (nSPS) is 19.6. The summed E-state index contributed by atoms with van der Waals surface area (Å²) in [6.07, 6.45) is -0.799. The fraction of sp³-hybridized carbons (Fsp3) is 0.529. The standard InChI is InChI=1S/C17H22F2N2O4/c1-10-5-6-11(7-12(10)14(22)23)20-13-8-21(9-17(13,18)19)15(24)25-16(2,3)4/h5-7,13,20H,8-9H2,1-4H3,(H,22,23). The molecule has 0 spiro atoms. The summed E-state index contributed by atoms with van der Waals surface area (Å²) in [5, 5.41) is 11.8. The van der Waals surface area contributed by atoms with Crippen molar-refractivity contribution in [3.63, 3.8) is 0 Å². The van der Waals surface area contributed by atoms with Crippen molar-refractivity contribution >= 4 is 17.7 Å². The third kappa shape index (κ3) is 4.58. The number of carboxylic acid groups (broad SMARTS) is 1. The van der Waals surface area contributed by atoms with E-state index in [9.17, 15) is 18.4 Å². The van der Waals surface area contributed by atoms with Crippen LogP contribution in [-0.2, 0) is 4.74 Å². The number of carboxylic acids is 1. The highest BCUT2D eigenvalue weighted by atomic mass is 19.3. The van der Waals surface area contributed by atoms with E-state index in [1.54, 1.807) is 33.8 Å². The van der Waals surface area contributed by atoms with E-state index in [-0.39, 0.29) is 17.8 Å². The Balaban J connectivity index is 2.13. The van der Waals surface area contributed by atoms with Crippen molar-refractivity contribution in [2.24, 2.45) is 0 Å². The summed E-state index contributed by atoms with van der Waals surface area (Å²) in [6.45, 7) is 5.62. The average molecular weight is 356 g/mol. The second-order valence-corrected chi connectivity index (χ2v) is 7.15. The summed E-state index contributed by atoms with van der Waals surface area (Å²) in [5.41, 5.74) is 0.0613. The number of likely N-dealkylation sites (tertiary alicyclic amines) is 1. The molecule has 1 aromatic rings. The fourth-order valence-corrected chi connectivity index (χ4v) is 2.54. The van der Waals surface area contributed by atoms with Gasteiger partial charge in [0.05, 0.1) is 18.7 Å². The number of hydrogen-bond donors (Lipinski definition) is 2. The second kappa shape index (κ2) is 6.50. The van der Waals surface area contributed by atoms with Crippen molar-refractivity contribution < 1.29 is 28.2 Å². The lowest BCUT2D eigenvalue weighted by atomic mass is 10.1. The van der Waals surface area contributed by atoms with Crippen LogP contribution in [0.2, 0.25) is 0 Å². The number of hydrogen-bond acceptors (Lipinski definition) is 4. The van der Waals surface area contributed by atoms with Gasteiger partial charge in [0, 0.05) is 5.69 Å². The molecule has 2 N–H and O–H groups in total. The third-order valence-corrected chi connectivity index (χ3v) is 3.78. The quantitative estimate of drug-likeness (QED) is 0.868. The minimum atomic E-state index is -3.16. The van der Waals surface area contributed by atoms with E-state index >= 15 is 0 Å². The van der Waals surface area contributed by atoms with Crippen LogP contribution in [0.4, 0.5) is 19.3 Å². The minimum absolute atomic E-state index is 0.0373. The maximum atomic E-state index is 14.2. The Labute approximate surface area is 144 Å². The molecule has 25 heavy (non-hydrogen) atoms. The smallest absolute Gasteiger partial charge is 0.410 e. The Bertz CT molecular complexity index is 686. The Morgan fingerprint density at radius 1 is 1.36 bits per heavy atom. The number of carbonyl (C=O) groups excluding carboxylic acids is 1. The molecule has 1 aliphatic rings. The molecule has 1 atom stereocenters. The molecule has 0 aliphatic carbocycles. The molecule has 1 saturated heterocycles. The summed E-state index contributed by atoms with van der Waals surface area (Å²) in [4.78, 5) is 24.1. The molecule has 0 aromatic heterocycles. The maximum absolute atomic E-state index is 14.2. The Morgan fingerprint density at radius 2 is 2.00 bits per heavy atom. The highest BCUT2D eigenvalue weighted by molar-refractivity contribution is 5.90. The molecule has 0 bridgehead atoms. The SMILES string of the molecule is Cc1ccc(NC2CN(C(=O)OC(C)(C)C)CC2(F)F)cc1C(=O)O. The van der Waals surface area contributed by atoms with Crippen molar-refractivity contribution in [1.29, 1.82) is 0 Å². The van der Waals surface area contributed by atoms with Gasteiger partial charge in [0.2, 0.25) is 0 Å². The lowest BCUT2D eigenvalue weighted by Gasteiger charge is -2.24. The van der Waals surface area contributed by atoms with Gasteiger partial charge in [-0.2, -0.15) is 0 Å². The molecule has 6 nitrogen and oxygen atoms in total. The van der Waals surface area contributed by atoms with E-state index in [0.717, 1.165) is 4.90 Å². The zero-order valence-electron chi connectivity index (χ0n) is 14.6. The van der Waals surface area contributed by atoms with Gasteiger partial charge in [0.1, 0.15) is 11.6 Å². The van der Waals surface area contributed by atoms with Gasteiger partial charge in [0.25, 0.3) is 5.92 Å². The zero-order chi connectivity index (χ0) is 19.0. The summed E-state index contributed by atoms with van der Waals surface area (Å²) in [6, 6.07) is 3.06. The minimum Gasteiger partial charge on any atom is -0.478 e. The van der Waals surface area contributed by atoms with Crippen LogP contribution in [0.1, 0.15) is 36.7 Å². The van der Waals surface area contributed by atoms with Crippen molar-refractivity contribution in [2.75, 3.05) is 18.4 Å². The first kappa shape index (κ1) is 19.0. The van der Waals surface area contributed by atoms with Crippen LogP contribution in [0, 0.1) is 6.92 Å². The van der Waals surface area contributed by atoms with Crippen LogP contribution < -0.4 is 5.32 Å². The van der Waals surface area contributed by atoms with E-state index in [0.29, 0.717) is 5.56 Å². The number of benzene rings is 1. The number of alkyl halides is 2. The number of aryl methyl sites for hydroxylation is 1. The number of ether oxygens (including phenoxy) is 1. The number of amides is 1. The summed E-state index contributed by atoms with van der Waals surface area (Å²) >= 11 is 0. The Morgan fingerprint density at radius 3 is 2.56 bits per heavy atom. The van der Waals surface area contributed by atoms with Crippen molar-refractivity contribution in [3.05, 3.63) is 29.3 Å². The second-order valence-electron chi connectivity index (χ2n) is 7.15. The van der Waals surface area contributed by atoms with Gasteiger partial charge >= 0.3 is 12.1 Å². The molecule has 1 aliphatic heterocycles. The van der Waals surface area contributed by atoms with Crippen LogP contribution >= 0.6 is 0 Å². The number of halogens is 2. The van der Waals surface area contributed by atoms with Crippen molar-refractivity contribution in [1.82, 2.24) is 4.90 Å². The topological polar surface area (TPSA) is 78.9 Å². The number of nitrogens with zero attached hydrogens (tertiary/aromatic N) is 1. The number of aromatic carboxylic acids is 1. The Hall–Kier alpha value is -2.38. The van der Waals surface area contributed by atoms with E-state index in [1.165, 1.54) is 12.1 Å². The third-order valence-electron chi connectivity index (χ3n) is 3.78. The van der Waals surface area contributed by atoms with Crippen molar-refractivity contribution in [3.8, 4) is 0 Å². The average Bonchev–Trinajstić information content (AvgIpc) is 2.74. The summed E-state index contributed by atoms with van der Waals surface area (Å²) in [5.74, 6) is -4.29. The monoisotopic (exact) mass is 356 g/mol. The van der Waals surface area contributed by atoms with Gasteiger partial charge in [-0.05, 0) is 45.4 Å². The number of rotatable bonds is 3. The first-order chi connectivity index (χ1) is 11.4. The van der Waals surface area contributed by atoms with E-state index in [1.807, 2.05) is 0 Å². The highest BCUT2D eigenvalue weighted by Crippen LogP contribution is 2.31. The predicted molar refractivity (Wildman–Crippen MR) is 88.3 cm³/mol. The zero-order valence-corrected chi connectivity index (χ0v) is 14.6. The van der Waals surface area contributed by atoms with Crippen LogP contribution in [0.15, 0.2) is 18.2 Å². The largest absolute Gasteiger partial charge is 0.478 e. The molecule has 1 fully saturated rings. The molecule has 2 rings (SSSR count). The van der Waals surface area contributed by atoms with E-state index < -0.39 is 36.2 Å². The summed E-state index contributed by atoms with van der Waals surface area (Å²) in [7, 11) is 0. The molecular weight excluding hydrogens is 334 g/mol. The van der Waals surface area contributed by atoms with Crippen molar-refractivity contribution in [2.45, 2.75) is 45.3 Å². The highest BCUT2D eigenvalue weighted by Gasteiger charge is 2.50. The van der Waals surface area contributed by atoms with Crippen LogP contribution in [0.3, 0.4) is 0 Å². The maximum Gasteiger partial charge on any atom is 0.410 e.